The molecule has 1 fully saturated rings. The molecule has 1 aliphatic heterocycles. The van der Waals surface area contributed by atoms with Gasteiger partial charge in [0.05, 0.1) is 17.7 Å². The van der Waals surface area contributed by atoms with Gasteiger partial charge >= 0.3 is 0 Å². The second-order valence-electron chi connectivity index (χ2n) is 7.18. The fraction of sp³-hybridized carbons (Fsp3) is 0.400. The first-order valence-corrected chi connectivity index (χ1v) is 9.77. The molecule has 0 aliphatic carbocycles. The monoisotopic (exact) mass is 431 g/mol. The highest BCUT2D eigenvalue weighted by Gasteiger charge is 2.19. The third-order valence-corrected chi connectivity index (χ3v) is 4.85. The molecule has 1 amide bonds. The van der Waals surface area contributed by atoms with Crippen LogP contribution in [0.15, 0.2) is 30.5 Å². The Morgan fingerprint density at radius 3 is 2.87 bits per heavy atom. The van der Waals surface area contributed by atoms with E-state index in [-0.39, 0.29) is 18.3 Å². The van der Waals surface area contributed by atoms with Crippen LogP contribution in [0.5, 0.6) is 5.75 Å². The Balaban J connectivity index is 0.00000256. The Bertz CT molecular complexity index is 1020. The quantitative estimate of drug-likeness (QED) is 0.639. The van der Waals surface area contributed by atoms with Crippen molar-refractivity contribution in [2.75, 3.05) is 36.5 Å². The van der Waals surface area contributed by atoms with Crippen molar-refractivity contribution in [1.29, 1.82) is 0 Å². The van der Waals surface area contributed by atoms with Crippen LogP contribution in [0.4, 0.5) is 11.6 Å². The second-order valence-corrected chi connectivity index (χ2v) is 7.18. The average molecular weight is 432 g/mol. The average Bonchev–Trinajstić information content (AvgIpc) is 3.07. The van der Waals surface area contributed by atoms with Gasteiger partial charge < -0.3 is 20.3 Å². The first-order valence-electron chi connectivity index (χ1n) is 9.77. The first kappa shape index (κ1) is 21.8. The Hall–Kier alpha value is -2.91. The van der Waals surface area contributed by atoms with Crippen molar-refractivity contribution < 1.29 is 9.53 Å². The predicted octanol–water partition coefficient (Wildman–Crippen LogP) is 2.23. The van der Waals surface area contributed by atoms with E-state index in [0.29, 0.717) is 29.8 Å². The Kier molecular flexibility index (Phi) is 6.73. The van der Waals surface area contributed by atoms with Crippen LogP contribution in [-0.4, -0.2) is 58.2 Å². The summed E-state index contributed by atoms with van der Waals surface area (Å²) in [6.45, 7) is 7.15. The molecule has 1 unspecified atom stereocenters. The number of nitrogens with one attached hydrogen (secondary N) is 2. The molecule has 2 N–H and O–H groups in total. The van der Waals surface area contributed by atoms with E-state index in [0.717, 1.165) is 36.4 Å². The molecule has 3 aromatic rings. The van der Waals surface area contributed by atoms with E-state index < -0.39 is 0 Å². The molecule has 160 valence electrons. The molecule has 4 rings (SSSR count). The highest BCUT2D eigenvalue weighted by Crippen LogP contribution is 2.26. The fourth-order valence-corrected chi connectivity index (χ4v) is 3.51. The molecular formula is C20H26ClN7O2. The maximum atomic E-state index is 12.9. The number of carbonyl (C=O) groups excluding carboxylic acids is 1. The van der Waals surface area contributed by atoms with Gasteiger partial charge in [-0.1, -0.05) is 0 Å². The summed E-state index contributed by atoms with van der Waals surface area (Å²) < 4.78 is 7.37. The van der Waals surface area contributed by atoms with Crippen molar-refractivity contribution in [3.8, 4) is 5.75 Å². The standard InChI is InChI=1S/C20H25N7O2.ClH/c1-4-29-17-10-16-14(12-26(3)25-16)9-15(17)20(28)22-18-5-6-19(24-23-18)27-8-7-21-13(2)11-27;/h5-6,9-10,12-13,21H,4,7-8,11H2,1-3H3,(H,22,23,28);1H. The molecule has 0 spiro atoms. The van der Waals surface area contributed by atoms with Crippen LogP contribution in [0.25, 0.3) is 10.9 Å². The summed E-state index contributed by atoms with van der Waals surface area (Å²) in [5, 5.41) is 19.9. The van der Waals surface area contributed by atoms with E-state index in [4.69, 9.17) is 4.74 Å². The lowest BCUT2D eigenvalue weighted by Gasteiger charge is -2.32. The van der Waals surface area contributed by atoms with Crippen LogP contribution in [0.1, 0.15) is 24.2 Å². The molecule has 10 heteroatoms. The van der Waals surface area contributed by atoms with Gasteiger partial charge in [0.15, 0.2) is 11.6 Å². The number of anilines is 2. The van der Waals surface area contributed by atoms with E-state index >= 15 is 0 Å². The summed E-state index contributed by atoms with van der Waals surface area (Å²) in [6, 6.07) is 7.63. The number of piperazine rings is 1. The van der Waals surface area contributed by atoms with E-state index in [2.05, 4.69) is 37.8 Å². The Morgan fingerprint density at radius 1 is 1.33 bits per heavy atom. The van der Waals surface area contributed by atoms with Crippen LogP contribution in [0, 0.1) is 0 Å². The summed E-state index contributed by atoms with van der Waals surface area (Å²) in [5.41, 5.74) is 1.22. The van der Waals surface area contributed by atoms with Crippen molar-refractivity contribution in [1.82, 2.24) is 25.3 Å². The van der Waals surface area contributed by atoms with Crippen LogP contribution in [-0.2, 0) is 7.05 Å². The zero-order chi connectivity index (χ0) is 20.4. The number of nitrogens with zero attached hydrogens (tertiary/aromatic N) is 5. The van der Waals surface area contributed by atoms with Gasteiger partial charge in [0.2, 0.25) is 0 Å². The summed E-state index contributed by atoms with van der Waals surface area (Å²) in [7, 11) is 1.84. The minimum Gasteiger partial charge on any atom is -0.493 e. The molecule has 30 heavy (non-hydrogen) atoms. The highest BCUT2D eigenvalue weighted by molar-refractivity contribution is 6.08. The zero-order valence-corrected chi connectivity index (χ0v) is 18.1. The Labute approximate surface area is 181 Å². The minimum absolute atomic E-state index is 0. The van der Waals surface area contributed by atoms with Crippen molar-refractivity contribution >= 4 is 40.9 Å². The van der Waals surface area contributed by atoms with Crippen LogP contribution < -0.4 is 20.3 Å². The van der Waals surface area contributed by atoms with Gasteiger partial charge in [-0.05, 0) is 32.0 Å². The van der Waals surface area contributed by atoms with Crippen LogP contribution in [0.2, 0.25) is 0 Å². The number of hydrogen-bond donors (Lipinski definition) is 2. The molecule has 3 heterocycles. The van der Waals surface area contributed by atoms with Gasteiger partial charge in [0.25, 0.3) is 5.91 Å². The number of hydrogen-bond acceptors (Lipinski definition) is 7. The van der Waals surface area contributed by atoms with Crippen LogP contribution in [0.3, 0.4) is 0 Å². The summed E-state index contributed by atoms with van der Waals surface area (Å²) in [6.07, 6.45) is 1.87. The Morgan fingerprint density at radius 2 is 2.17 bits per heavy atom. The van der Waals surface area contributed by atoms with Crippen molar-refractivity contribution in [2.24, 2.45) is 7.05 Å². The first-order chi connectivity index (χ1) is 14.0. The van der Waals surface area contributed by atoms with Gasteiger partial charge in [0.1, 0.15) is 5.75 Å². The normalized spacial score (nSPS) is 16.2. The highest BCUT2D eigenvalue weighted by atomic mass is 35.5. The number of amides is 1. The molecule has 0 bridgehead atoms. The lowest BCUT2D eigenvalue weighted by atomic mass is 10.1. The summed E-state index contributed by atoms with van der Waals surface area (Å²) in [4.78, 5) is 15.1. The molecule has 9 nitrogen and oxygen atoms in total. The van der Waals surface area contributed by atoms with Crippen LogP contribution >= 0.6 is 12.4 Å². The number of fused-ring (bicyclic) bond motifs is 1. The van der Waals surface area contributed by atoms with Crippen molar-refractivity contribution in [2.45, 2.75) is 19.9 Å². The lowest BCUT2D eigenvalue weighted by Crippen LogP contribution is -2.49. The largest absolute Gasteiger partial charge is 0.493 e. The number of aromatic nitrogens is 4. The number of benzene rings is 1. The topological polar surface area (TPSA) is 97.2 Å². The maximum Gasteiger partial charge on any atom is 0.260 e. The number of rotatable bonds is 5. The number of aryl methyl sites for hydroxylation is 1. The number of halogens is 1. The molecule has 1 atom stereocenters. The van der Waals surface area contributed by atoms with Gasteiger partial charge in [-0.25, -0.2) is 0 Å². The SMILES string of the molecule is CCOc1cc2nn(C)cc2cc1C(=O)Nc1ccc(N2CCNC(C)C2)nn1.Cl. The molecule has 0 saturated carbocycles. The molecule has 0 radical (unpaired) electrons. The smallest absolute Gasteiger partial charge is 0.260 e. The fourth-order valence-electron chi connectivity index (χ4n) is 3.51. The van der Waals surface area contributed by atoms with Gasteiger partial charge in [0, 0.05) is 50.4 Å². The number of ether oxygens (including phenoxy) is 1. The third-order valence-electron chi connectivity index (χ3n) is 4.85. The summed E-state index contributed by atoms with van der Waals surface area (Å²) >= 11 is 0. The molecule has 1 aromatic carbocycles. The van der Waals surface area contributed by atoms with E-state index in [1.165, 1.54) is 0 Å². The second kappa shape index (κ2) is 9.27. The van der Waals surface area contributed by atoms with E-state index in [1.807, 2.05) is 26.2 Å². The molecule has 2 aromatic heterocycles. The molecular weight excluding hydrogens is 406 g/mol. The number of carbonyl (C=O) groups is 1. The van der Waals surface area contributed by atoms with Crippen molar-refractivity contribution in [3.63, 3.8) is 0 Å². The third kappa shape index (κ3) is 4.63. The van der Waals surface area contributed by atoms with E-state index in [1.54, 1.807) is 22.9 Å². The lowest BCUT2D eigenvalue weighted by molar-refractivity contribution is 0.102. The zero-order valence-electron chi connectivity index (χ0n) is 17.3. The van der Waals surface area contributed by atoms with Gasteiger partial charge in [-0.3, -0.25) is 9.48 Å². The minimum atomic E-state index is -0.294. The van der Waals surface area contributed by atoms with Crippen molar-refractivity contribution in [3.05, 3.63) is 36.0 Å². The predicted molar refractivity (Wildman–Crippen MR) is 119 cm³/mol. The summed E-state index contributed by atoms with van der Waals surface area (Å²) in [5.74, 6) is 1.41. The van der Waals surface area contributed by atoms with E-state index in [9.17, 15) is 4.79 Å². The van der Waals surface area contributed by atoms with Gasteiger partial charge in [-0.15, -0.1) is 22.6 Å². The maximum absolute atomic E-state index is 12.9. The van der Waals surface area contributed by atoms with Gasteiger partial charge in [-0.2, -0.15) is 5.10 Å². The molecule has 1 saturated heterocycles. The molecule has 1 aliphatic rings.